The number of halogens is 4. The Morgan fingerprint density at radius 1 is 1.16 bits per heavy atom. The highest BCUT2D eigenvalue weighted by Gasteiger charge is 2.29. The second-order valence-corrected chi connectivity index (χ2v) is 6.25. The standard InChI is InChI=1S/C17H25F3N4.HI/c1-21-16(23-12-14-7-9-24(2)10-8-14)22-11-13-3-5-15(6-4-13)17(18,19)20;/h3-6,14H,7-12H2,1-2H3,(H2,21,22,23);1H. The molecular weight excluding hydrogens is 444 g/mol. The Labute approximate surface area is 164 Å². The summed E-state index contributed by atoms with van der Waals surface area (Å²) in [5.74, 6) is 1.31. The molecule has 2 N–H and O–H groups in total. The maximum absolute atomic E-state index is 12.5. The SMILES string of the molecule is CN=C(NCc1ccc(C(F)(F)F)cc1)NCC1CCN(C)CC1.I. The zero-order valence-electron chi connectivity index (χ0n) is 14.6. The van der Waals surface area contributed by atoms with Gasteiger partial charge in [-0.3, -0.25) is 4.99 Å². The fraction of sp³-hybridized carbons (Fsp3) is 0.588. The Hall–Kier alpha value is -1.03. The van der Waals surface area contributed by atoms with Crippen molar-refractivity contribution in [2.75, 3.05) is 33.7 Å². The first-order valence-electron chi connectivity index (χ1n) is 8.17. The molecule has 1 aromatic rings. The van der Waals surface area contributed by atoms with Gasteiger partial charge in [0.05, 0.1) is 5.56 Å². The first-order chi connectivity index (χ1) is 11.4. The summed E-state index contributed by atoms with van der Waals surface area (Å²) in [6.45, 7) is 3.53. The van der Waals surface area contributed by atoms with E-state index in [1.165, 1.54) is 25.0 Å². The van der Waals surface area contributed by atoms with Gasteiger partial charge in [-0.05, 0) is 56.6 Å². The van der Waals surface area contributed by atoms with Gasteiger partial charge in [0.25, 0.3) is 0 Å². The molecule has 0 amide bonds. The van der Waals surface area contributed by atoms with Crippen molar-refractivity contribution in [3.63, 3.8) is 0 Å². The molecular formula is C17H26F3IN4. The number of aliphatic imine (C=N–C) groups is 1. The van der Waals surface area contributed by atoms with E-state index in [1.807, 2.05) is 0 Å². The average Bonchev–Trinajstić information content (AvgIpc) is 2.56. The zero-order chi connectivity index (χ0) is 17.6. The smallest absolute Gasteiger partial charge is 0.356 e. The average molecular weight is 470 g/mol. The Bertz CT molecular complexity index is 538. The number of likely N-dealkylation sites (tertiary alicyclic amines) is 1. The molecule has 0 radical (unpaired) electrons. The van der Waals surface area contributed by atoms with Gasteiger partial charge in [0.1, 0.15) is 0 Å². The number of guanidine groups is 1. The number of piperidine rings is 1. The molecule has 25 heavy (non-hydrogen) atoms. The number of hydrogen-bond acceptors (Lipinski definition) is 2. The lowest BCUT2D eigenvalue weighted by Crippen LogP contribution is -2.42. The second kappa shape index (κ2) is 10.2. The molecule has 1 aliphatic heterocycles. The topological polar surface area (TPSA) is 39.7 Å². The fourth-order valence-corrected chi connectivity index (χ4v) is 2.73. The molecule has 0 atom stereocenters. The van der Waals surface area contributed by atoms with E-state index in [0.717, 1.165) is 37.3 Å². The van der Waals surface area contributed by atoms with Crippen molar-refractivity contribution in [3.05, 3.63) is 35.4 Å². The van der Waals surface area contributed by atoms with Crippen LogP contribution in [0.5, 0.6) is 0 Å². The summed E-state index contributed by atoms with van der Waals surface area (Å²) in [5, 5.41) is 6.44. The molecule has 0 bridgehead atoms. The first-order valence-corrected chi connectivity index (χ1v) is 8.17. The van der Waals surface area contributed by atoms with Crippen molar-refractivity contribution in [1.82, 2.24) is 15.5 Å². The summed E-state index contributed by atoms with van der Waals surface area (Å²) in [5.41, 5.74) is 0.154. The van der Waals surface area contributed by atoms with Gasteiger partial charge in [0.2, 0.25) is 0 Å². The minimum atomic E-state index is -4.29. The number of benzene rings is 1. The second-order valence-electron chi connectivity index (χ2n) is 6.25. The van der Waals surface area contributed by atoms with Crippen LogP contribution in [-0.2, 0) is 12.7 Å². The number of nitrogens with zero attached hydrogens (tertiary/aromatic N) is 2. The van der Waals surface area contributed by atoms with Crippen LogP contribution in [0.2, 0.25) is 0 Å². The van der Waals surface area contributed by atoms with Crippen LogP contribution < -0.4 is 10.6 Å². The quantitative estimate of drug-likeness (QED) is 0.403. The molecule has 2 rings (SSSR count). The minimum Gasteiger partial charge on any atom is -0.356 e. The van der Waals surface area contributed by atoms with Crippen molar-refractivity contribution >= 4 is 29.9 Å². The molecule has 0 saturated carbocycles. The van der Waals surface area contributed by atoms with E-state index >= 15 is 0 Å². The van der Waals surface area contributed by atoms with E-state index in [2.05, 4.69) is 27.6 Å². The molecule has 1 aliphatic rings. The van der Waals surface area contributed by atoms with Crippen LogP contribution in [-0.4, -0.2) is 44.6 Å². The van der Waals surface area contributed by atoms with Crippen LogP contribution in [0.4, 0.5) is 13.2 Å². The number of alkyl halides is 3. The third-order valence-corrected chi connectivity index (χ3v) is 4.36. The van der Waals surface area contributed by atoms with Gasteiger partial charge in [-0.25, -0.2) is 0 Å². The predicted octanol–water partition coefficient (Wildman–Crippen LogP) is 3.33. The summed E-state index contributed by atoms with van der Waals surface area (Å²) in [6, 6.07) is 5.18. The van der Waals surface area contributed by atoms with Crippen LogP contribution in [0.15, 0.2) is 29.3 Å². The molecule has 0 unspecified atom stereocenters. The Morgan fingerprint density at radius 2 is 1.76 bits per heavy atom. The number of nitrogens with one attached hydrogen (secondary N) is 2. The van der Waals surface area contributed by atoms with E-state index in [1.54, 1.807) is 7.05 Å². The molecule has 1 aromatic carbocycles. The van der Waals surface area contributed by atoms with Crippen molar-refractivity contribution in [2.45, 2.75) is 25.6 Å². The molecule has 1 saturated heterocycles. The van der Waals surface area contributed by atoms with Gasteiger partial charge in [0.15, 0.2) is 5.96 Å². The Morgan fingerprint density at radius 3 is 2.28 bits per heavy atom. The zero-order valence-corrected chi connectivity index (χ0v) is 16.9. The molecule has 0 spiro atoms. The van der Waals surface area contributed by atoms with Crippen molar-refractivity contribution in [3.8, 4) is 0 Å². The predicted molar refractivity (Wildman–Crippen MR) is 105 cm³/mol. The van der Waals surface area contributed by atoms with Gasteiger partial charge in [-0.1, -0.05) is 12.1 Å². The van der Waals surface area contributed by atoms with Gasteiger partial charge >= 0.3 is 6.18 Å². The van der Waals surface area contributed by atoms with Crippen LogP contribution >= 0.6 is 24.0 Å². The summed E-state index contributed by atoms with van der Waals surface area (Å²) in [6.07, 6.45) is -1.96. The first kappa shape index (κ1) is 22.0. The maximum atomic E-state index is 12.5. The van der Waals surface area contributed by atoms with E-state index in [-0.39, 0.29) is 24.0 Å². The number of rotatable bonds is 4. The lowest BCUT2D eigenvalue weighted by atomic mass is 9.97. The van der Waals surface area contributed by atoms with E-state index < -0.39 is 11.7 Å². The normalized spacial score (nSPS) is 17.1. The maximum Gasteiger partial charge on any atom is 0.416 e. The van der Waals surface area contributed by atoms with Gasteiger partial charge in [-0.2, -0.15) is 13.2 Å². The minimum absolute atomic E-state index is 0. The lowest BCUT2D eigenvalue weighted by Gasteiger charge is -2.29. The van der Waals surface area contributed by atoms with Crippen molar-refractivity contribution in [2.24, 2.45) is 10.9 Å². The molecule has 4 nitrogen and oxygen atoms in total. The van der Waals surface area contributed by atoms with E-state index in [0.29, 0.717) is 18.4 Å². The molecule has 142 valence electrons. The fourth-order valence-electron chi connectivity index (χ4n) is 2.73. The van der Waals surface area contributed by atoms with E-state index in [9.17, 15) is 13.2 Å². The third-order valence-electron chi connectivity index (χ3n) is 4.36. The van der Waals surface area contributed by atoms with Gasteiger partial charge < -0.3 is 15.5 Å². The van der Waals surface area contributed by atoms with Gasteiger partial charge in [-0.15, -0.1) is 24.0 Å². The Balaban J connectivity index is 0.00000312. The van der Waals surface area contributed by atoms with Gasteiger partial charge in [0, 0.05) is 20.1 Å². The molecule has 0 aromatic heterocycles. The van der Waals surface area contributed by atoms with Crippen LogP contribution in [0.3, 0.4) is 0 Å². The van der Waals surface area contributed by atoms with E-state index in [4.69, 9.17) is 0 Å². The lowest BCUT2D eigenvalue weighted by molar-refractivity contribution is -0.137. The highest BCUT2D eigenvalue weighted by molar-refractivity contribution is 14.0. The monoisotopic (exact) mass is 470 g/mol. The number of hydrogen-bond donors (Lipinski definition) is 2. The highest BCUT2D eigenvalue weighted by Crippen LogP contribution is 2.29. The largest absolute Gasteiger partial charge is 0.416 e. The van der Waals surface area contributed by atoms with Crippen molar-refractivity contribution in [1.29, 1.82) is 0 Å². The third kappa shape index (κ3) is 7.39. The molecule has 0 aliphatic carbocycles. The van der Waals surface area contributed by atoms with Crippen LogP contribution in [0.25, 0.3) is 0 Å². The van der Waals surface area contributed by atoms with Crippen molar-refractivity contribution < 1.29 is 13.2 Å². The summed E-state index contributed by atoms with van der Waals surface area (Å²) < 4.78 is 37.6. The summed E-state index contributed by atoms with van der Waals surface area (Å²) in [4.78, 5) is 6.49. The molecule has 8 heteroatoms. The van der Waals surface area contributed by atoms with Crippen LogP contribution in [0.1, 0.15) is 24.0 Å². The summed E-state index contributed by atoms with van der Waals surface area (Å²) in [7, 11) is 3.82. The Kier molecular flexibility index (Phi) is 8.98. The molecule has 1 heterocycles. The molecule has 1 fully saturated rings. The highest BCUT2D eigenvalue weighted by atomic mass is 127. The van der Waals surface area contributed by atoms with Crippen LogP contribution in [0, 0.1) is 5.92 Å². The summed E-state index contributed by atoms with van der Waals surface area (Å²) >= 11 is 0.